The van der Waals surface area contributed by atoms with E-state index in [1.807, 2.05) is 0 Å². The third kappa shape index (κ3) is 1.08. The molecule has 1 aliphatic heterocycles. The lowest BCUT2D eigenvalue weighted by Gasteiger charge is -2.22. The lowest BCUT2D eigenvalue weighted by atomic mass is 10.2. The second-order valence-corrected chi connectivity index (χ2v) is 2.56. The molecule has 0 radical (unpaired) electrons. The van der Waals surface area contributed by atoms with Crippen molar-refractivity contribution in [3.05, 3.63) is 24.0 Å². The Hall–Kier alpha value is -2.09. The molecule has 1 N–H and O–H groups in total. The first-order valence-electron chi connectivity index (χ1n) is 3.74. The molecule has 0 aliphatic carbocycles. The van der Waals surface area contributed by atoms with Crippen LogP contribution in [0, 0.1) is 11.5 Å². The largest absolute Gasteiger partial charge is 0.335 e. The summed E-state index contributed by atoms with van der Waals surface area (Å²) in [6, 6.07) is 2.99. The number of anilines is 1. The first-order valence-corrected chi connectivity index (χ1v) is 3.74. The van der Waals surface area contributed by atoms with Crippen LogP contribution in [0.3, 0.4) is 0 Å². The molecular weight excluding hydrogens is 168 g/mol. The number of nitrogens with zero attached hydrogens (tertiary/aromatic N) is 3. The fourth-order valence-electron chi connectivity index (χ4n) is 1.22. The Labute approximate surface area is 74.6 Å². The molecule has 0 fully saturated rings. The van der Waals surface area contributed by atoms with Gasteiger partial charge in [0.2, 0.25) is 0 Å². The van der Waals surface area contributed by atoms with Gasteiger partial charge in [0.15, 0.2) is 6.19 Å². The van der Waals surface area contributed by atoms with Crippen LogP contribution in [0.2, 0.25) is 0 Å². The lowest BCUT2D eigenvalue weighted by molar-refractivity contribution is 0.247. The minimum absolute atomic E-state index is 0.382. The Kier molecular flexibility index (Phi) is 1.60. The van der Waals surface area contributed by atoms with Crippen molar-refractivity contribution < 1.29 is 4.79 Å². The number of rotatable bonds is 0. The number of urea groups is 1. The summed E-state index contributed by atoms with van der Waals surface area (Å²) in [5, 5.41) is 11.2. The summed E-state index contributed by atoms with van der Waals surface area (Å²) in [5.41, 5.74) is 1.28. The van der Waals surface area contributed by atoms with E-state index < -0.39 is 6.03 Å². The Morgan fingerprint density at radius 1 is 1.69 bits per heavy atom. The van der Waals surface area contributed by atoms with E-state index in [4.69, 9.17) is 5.26 Å². The maximum atomic E-state index is 11.2. The molecule has 0 spiro atoms. The standard InChI is InChI=1S/C8H6N4O/c9-5-12-7-2-1-3-10-6(7)4-11-8(12)13/h1-3H,4H2,(H,11,13). The molecule has 2 rings (SSSR count). The van der Waals surface area contributed by atoms with Gasteiger partial charge in [-0.1, -0.05) is 0 Å². The fraction of sp³-hybridized carbons (Fsp3) is 0.125. The summed E-state index contributed by atoms with van der Waals surface area (Å²) in [6.07, 6.45) is 3.42. The number of carbonyl (C=O) groups is 1. The molecule has 64 valence electrons. The van der Waals surface area contributed by atoms with Gasteiger partial charge in [0.25, 0.3) is 0 Å². The van der Waals surface area contributed by atoms with Gasteiger partial charge in [-0.25, -0.2) is 4.79 Å². The van der Waals surface area contributed by atoms with Crippen molar-refractivity contribution in [1.82, 2.24) is 10.3 Å². The zero-order chi connectivity index (χ0) is 9.26. The third-order valence-corrected chi connectivity index (χ3v) is 1.82. The van der Waals surface area contributed by atoms with Crippen LogP contribution in [0.15, 0.2) is 18.3 Å². The molecule has 2 heterocycles. The molecule has 0 saturated heterocycles. The normalized spacial score (nSPS) is 14.4. The van der Waals surface area contributed by atoms with Crippen molar-refractivity contribution in [2.24, 2.45) is 0 Å². The van der Waals surface area contributed by atoms with Crippen molar-refractivity contribution in [2.45, 2.75) is 6.54 Å². The van der Waals surface area contributed by atoms with Gasteiger partial charge in [-0.15, -0.1) is 0 Å². The molecule has 13 heavy (non-hydrogen) atoms. The van der Waals surface area contributed by atoms with E-state index >= 15 is 0 Å². The minimum atomic E-state index is -0.400. The number of carbonyl (C=O) groups excluding carboxylic acids is 1. The maximum Gasteiger partial charge on any atom is 0.335 e. The summed E-state index contributed by atoms with van der Waals surface area (Å²) in [6.45, 7) is 0.382. The van der Waals surface area contributed by atoms with Crippen molar-refractivity contribution in [2.75, 3.05) is 4.90 Å². The first-order chi connectivity index (χ1) is 6.33. The number of aromatic nitrogens is 1. The smallest absolute Gasteiger partial charge is 0.331 e. The number of amides is 2. The number of nitrogens with one attached hydrogen (secondary N) is 1. The lowest BCUT2D eigenvalue weighted by Crippen LogP contribution is -2.41. The molecule has 1 aromatic heterocycles. The van der Waals surface area contributed by atoms with Gasteiger partial charge in [0.05, 0.1) is 17.9 Å². The zero-order valence-corrected chi connectivity index (χ0v) is 6.69. The molecule has 0 unspecified atom stereocenters. The first kappa shape index (κ1) is 7.55. The molecule has 0 bridgehead atoms. The highest BCUT2D eigenvalue weighted by Crippen LogP contribution is 2.20. The fourth-order valence-corrected chi connectivity index (χ4v) is 1.22. The predicted molar refractivity (Wildman–Crippen MR) is 44.6 cm³/mol. The summed E-state index contributed by atoms with van der Waals surface area (Å²) in [7, 11) is 0. The third-order valence-electron chi connectivity index (χ3n) is 1.82. The van der Waals surface area contributed by atoms with Crippen LogP contribution in [0.25, 0.3) is 0 Å². The quantitative estimate of drug-likeness (QED) is 0.585. The molecule has 5 heteroatoms. The molecular formula is C8H6N4O. The predicted octanol–water partition coefficient (Wildman–Crippen LogP) is 0.592. The average molecular weight is 174 g/mol. The Morgan fingerprint density at radius 3 is 3.31 bits per heavy atom. The van der Waals surface area contributed by atoms with E-state index in [9.17, 15) is 4.79 Å². The van der Waals surface area contributed by atoms with E-state index in [1.54, 1.807) is 24.5 Å². The van der Waals surface area contributed by atoms with Crippen molar-refractivity contribution in [3.8, 4) is 6.19 Å². The van der Waals surface area contributed by atoms with Crippen LogP contribution in [0.5, 0.6) is 0 Å². The van der Waals surface area contributed by atoms with Gasteiger partial charge in [0, 0.05) is 6.20 Å². The molecule has 5 nitrogen and oxygen atoms in total. The van der Waals surface area contributed by atoms with Crippen LogP contribution >= 0.6 is 0 Å². The highest BCUT2D eigenvalue weighted by atomic mass is 16.2. The van der Waals surface area contributed by atoms with Gasteiger partial charge in [-0.2, -0.15) is 10.2 Å². The number of pyridine rings is 1. The van der Waals surface area contributed by atoms with Gasteiger partial charge in [0.1, 0.15) is 0 Å². The van der Waals surface area contributed by atoms with Crippen molar-refractivity contribution in [1.29, 1.82) is 5.26 Å². The van der Waals surface area contributed by atoms with Gasteiger partial charge < -0.3 is 5.32 Å². The summed E-state index contributed by atoms with van der Waals surface area (Å²) in [5.74, 6) is 0. The SMILES string of the molecule is N#CN1C(=O)NCc2ncccc21. The molecule has 0 atom stereocenters. The van der Waals surface area contributed by atoms with E-state index in [1.165, 1.54) is 0 Å². The molecule has 2 amide bonds. The summed E-state index contributed by atoms with van der Waals surface area (Å²) >= 11 is 0. The number of hydrogen-bond acceptors (Lipinski definition) is 3. The average Bonchev–Trinajstić information content (AvgIpc) is 2.18. The Balaban J connectivity index is 2.53. The van der Waals surface area contributed by atoms with Crippen LogP contribution < -0.4 is 10.2 Å². The zero-order valence-electron chi connectivity index (χ0n) is 6.69. The monoisotopic (exact) mass is 174 g/mol. The van der Waals surface area contributed by atoms with Crippen LogP contribution in [-0.4, -0.2) is 11.0 Å². The van der Waals surface area contributed by atoms with E-state index in [0.29, 0.717) is 17.9 Å². The van der Waals surface area contributed by atoms with Crippen LogP contribution in [0.4, 0.5) is 10.5 Å². The second-order valence-electron chi connectivity index (χ2n) is 2.56. The van der Waals surface area contributed by atoms with E-state index in [-0.39, 0.29) is 0 Å². The Morgan fingerprint density at radius 2 is 2.54 bits per heavy atom. The van der Waals surface area contributed by atoms with Crippen LogP contribution in [-0.2, 0) is 6.54 Å². The number of hydrogen-bond donors (Lipinski definition) is 1. The summed E-state index contributed by atoms with van der Waals surface area (Å²) < 4.78 is 0. The minimum Gasteiger partial charge on any atom is -0.331 e. The highest BCUT2D eigenvalue weighted by Gasteiger charge is 2.23. The van der Waals surface area contributed by atoms with Gasteiger partial charge in [-0.3, -0.25) is 4.98 Å². The number of fused-ring (bicyclic) bond motifs is 1. The van der Waals surface area contributed by atoms with E-state index in [0.717, 1.165) is 4.90 Å². The highest BCUT2D eigenvalue weighted by molar-refractivity contribution is 5.96. The molecule has 0 aromatic carbocycles. The second kappa shape index (κ2) is 2.75. The van der Waals surface area contributed by atoms with Crippen LogP contribution in [0.1, 0.15) is 5.69 Å². The van der Waals surface area contributed by atoms with Crippen molar-refractivity contribution in [3.63, 3.8) is 0 Å². The molecule has 1 aromatic rings. The molecule has 0 saturated carbocycles. The maximum absolute atomic E-state index is 11.2. The van der Waals surface area contributed by atoms with Gasteiger partial charge in [-0.05, 0) is 12.1 Å². The van der Waals surface area contributed by atoms with Gasteiger partial charge >= 0.3 is 6.03 Å². The van der Waals surface area contributed by atoms with E-state index in [2.05, 4.69) is 10.3 Å². The van der Waals surface area contributed by atoms with Crippen molar-refractivity contribution >= 4 is 11.7 Å². The number of nitriles is 1. The summed E-state index contributed by atoms with van der Waals surface area (Å²) in [4.78, 5) is 16.2. The Bertz CT molecular complexity index is 395. The topological polar surface area (TPSA) is 69.0 Å². The molecule has 1 aliphatic rings.